The minimum atomic E-state index is -0.146. The van der Waals surface area contributed by atoms with Gasteiger partial charge in [-0.1, -0.05) is 24.3 Å². The highest BCUT2D eigenvalue weighted by Crippen LogP contribution is 2.24. The Labute approximate surface area is 103 Å². The minimum Gasteiger partial charge on any atom is -0.377 e. The molecule has 1 N–H and O–H groups in total. The van der Waals surface area contributed by atoms with Crippen molar-refractivity contribution in [2.24, 2.45) is 0 Å². The summed E-state index contributed by atoms with van der Waals surface area (Å²) in [7, 11) is 1.74. The van der Waals surface area contributed by atoms with Crippen LogP contribution < -0.4 is 5.32 Å². The van der Waals surface area contributed by atoms with Crippen LogP contribution in [0.3, 0.4) is 0 Å². The molecule has 0 aromatic heterocycles. The number of hydrogen-bond donors (Lipinski definition) is 1. The molecule has 1 aromatic rings. The van der Waals surface area contributed by atoms with Crippen LogP contribution in [0, 0.1) is 0 Å². The SMILES string of the molecule is COC(C)(C)CNC1COCc2ccccc21. The standard InChI is InChI=1S/C14H21NO2/c1-14(2,16-3)10-15-13-9-17-8-11-6-4-5-7-12(11)13/h4-7,13,15H,8-10H2,1-3H3. The maximum absolute atomic E-state index is 5.60. The Balaban J connectivity index is 2.04. The van der Waals surface area contributed by atoms with Gasteiger partial charge in [-0.05, 0) is 25.0 Å². The number of rotatable bonds is 4. The zero-order valence-corrected chi connectivity index (χ0v) is 10.8. The van der Waals surface area contributed by atoms with E-state index in [-0.39, 0.29) is 11.6 Å². The summed E-state index contributed by atoms with van der Waals surface area (Å²) in [5.74, 6) is 0. The molecule has 0 radical (unpaired) electrons. The molecule has 0 saturated heterocycles. The molecule has 0 fully saturated rings. The molecule has 0 bridgehead atoms. The molecule has 1 heterocycles. The van der Waals surface area contributed by atoms with Gasteiger partial charge in [0.1, 0.15) is 0 Å². The highest BCUT2D eigenvalue weighted by atomic mass is 16.5. The van der Waals surface area contributed by atoms with E-state index in [9.17, 15) is 0 Å². The number of nitrogens with one attached hydrogen (secondary N) is 1. The van der Waals surface area contributed by atoms with Crippen LogP contribution in [-0.2, 0) is 16.1 Å². The molecular formula is C14H21NO2. The Kier molecular flexibility index (Phi) is 3.82. The Morgan fingerprint density at radius 3 is 2.94 bits per heavy atom. The van der Waals surface area contributed by atoms with E-state index in [0.717, 1.165) is 19.8 Å². The van der Waals surface area contributed by atoms with Crippen molar-refractivity contribution in [1.29, 1.82) is 0 Å². The fourth-order valence-electron chi connectivity index (χ4n) is 1.99. The van der Waals surface area contributed by atoms with Crippen LogP contribution in [0.5, 0.6) is 0 Å². The van der Waals surface area contributed by atoms with E-state index >= 15 is 0 Å². The molecule has 0 saturated carbocycles. The second-order valence-electron chi connectivity index (χ2n) is 5.11. The second-order valence-corrected chi connectivity index (χ2v) is 5.11. The Morgan fingerprint density at radius 2 is 2.18 bits per heavy atom. The van der Waals surface area contributed by atoms with Gasteiger partial charge in [-0.2, -0.15) is 0 Å². The highest BCUT2D eigenvalue weighted by Gasteiger charge is 2.23. The van der Waals surface area contributed by atoms with E-state index in [1.807, 2.05) is 0 Å². The number of ether oxygens (including phenoxy) is 2. The lowest BCUT2D eigenvalue weighted by Crippen LogP contribution is -2.41. The van der Waals surface area contributed by atoms with Crippen LogP contribution in [0.1, 0.15) is 31.0 Å². The Morgan fingerprint density at radius 1 is 1.41 bits per heavy atom. The number of fused-ring (bicyclic) bond motifs is 1. The number of hydrogen-bond acceptors (Lipinski definition) is 3. The lowest BCUT2D eigenvalue weighted by Gasteiger charge is -2.30. The molecule has 1 atom stereocenters. The lowest BCUT2D eigenvalue weighted by molar-refractivity contribution is 0.0136. The van der Waals surface area contributed by atoms with Crippen LogP contribution in [-0.4, -0.2) is 25.9 Å². The summed E-state index contributed by atoms with van der Waals surface area (Å²) in [6.07, 6.45) is 0. The fraction of sp³-hybridized carbons (Fsp3) is 0.571. The van der Waals surface area contributed by atoms with Gasteiger partial charge in [0.05, 0.1) is 24.9 Å². The van der Waals surface area contributed by atoms with Gasteiger partial charge < -0.3 is 14.8 Å². The average molecular weight is 235 g/mol. The first-order valence-corrected chi connectivity index (χ1v) is 6.06. The lowest BCUT2D eigenvalue weighted by atomic mass is 9.98. The smallest absolute Gasteiger partial charge is 0.0746 e. The van der Waals surface area contributed by atoms with E-state index < -0.39 is 0 Å². The molecule has 2 rings (SSSR count). The molecule has 0 amide bonds. The van der Waals surface area contributed by atoms with Crippen molar-refractivity contribution in [1.82, 2.24) is 5.32 Å². The maximum atomic E-state index is 5.60. The Hall–Kier alpha value is -0.900. The zero-order valence-electron chi connectivity index (χ0n) is 10.8. The molecule has 1 aliphatic rings. The van der Waals surface area contributed by atoms with Crippen LogP contribution in [0.15, 0.2) is 24.3 Å². The van der Waals surface area contributed by atoms with Gasteiger partial charge in [0.25, 0.3) is 0 Å². The van der Waals surface area contributed by atoms with E-state index in [1.165, 1.54) is 11.1 Å². The van der Waals surface area contributed by atoms with Crippen molar-refractivity contribution in [3.63, 3.8) is 0 Å². The van der Waals surface area contributed by atoms with Crippen molar-refractivity contribution in [2.75, 3.05) is 20.3 Å². The first kappa shape index (κ1) is 12.6. The van der Waals surface area contributed by atoms with Crippen LogP contribution in [0.2, 0.25) is 0 Å². The van der Waals surface area contributed by atoms with Crippen LogP contribution in [0.4, 0.5) is 0 Å². The fourth-order valence-corrected chi connectivity index (χ4v) is 1.99. The maximum Gasteiger partial charge on any atom is 0.0746 e. The van der Waals surface area contributed by atoms with E-state index in [2.05, 4.69) is 43.4 Å². The molecule has 0 spiro atoms. The number of benzene rings is 1. The predicted molar refractivity (Wildman–Crippen MR) is 67.9 cm³/mol. The molecule has 3 nitrogen and oxygen atoms in total. The normalized spacial score (nSPS) is 20.1. The van der Waals surface area contributed by atoms with Crippen molar-refractivity contribution >= 4 is 0 Å². The van der Waals surface area contributed by atoms with Crippen LogP contribution in [0.25, 0.3) is 0 Å². The van der Waals surface area contributed by atoms with Gasteiger partial charge >= 0.3 is 0 Å². The summed E-state index contributed by atoms with van der Waals surface area (Å²) in [6.45, 7) is 6.43. The monoisotopic (exact) mass is 235 g/mol. The molecule has 0 aliphatic carbocycles. The molecule has 94 valence electrons. The average Bonchev–Trinajstić information content (AvgIpc) is 2.36. The molecule has 17 heavy (non-hydrogen) atoms. The summed E-state index contributed by atoms with van der Waals surface area (Å²) in [5, 5.41) is 3.52. The van der Waals surface area contributed by atoms with Gasteiger partial charge in [0.2, 0.25) is 0 Å². The van der Waals surface area contributed by atoms with Crippen LogP contribution >= 0.6 is 0 Å². The highest BCUT2D eigenvalue weighted by molar-refractivity contribution is 5.31. The molecule has 1 unspecified atom stereocenters. The molecular weight excluding hydrogens is 214 g/mol. The van der Waals surface area contributed by atoms with Gasteiger partial charge in [0.15, 0.2) is 0 Å². The van der Waals surface area contributed by atoms with Crippen molar-refractivity contribution < 1.29 is 9.47 Å². The minimum absolute atomic E-state index is 0.146. The summed E-state index contributed by atoms with van der Waals surface area (Å²) in [5.41, 5.74) is 2.49. The predicted octanol–water partition coefficient (Wildman–Crippen LogP) is 2.27. The third-order valence-electron chi connectivity index (χ3n) is 3.30. The third-order valence-corrected chi connectivity index (χ3v) is 3.30. The van der Waals surface area contributed by atoms with E-state index in [1.54, 1.807) is 7.11 Å². The quantitative estimate of drug-likeness (QED) is 0.868. The number of methoxy groups -OCH3 is 1. The topological polar surface area (TPSA) is 30.5 Å². The van der Waals surface area contributed by atoms with E-state index in [4.69, 9.17) is 9.47 Å². The zero-order chi connectivity index (χ0) is 12.3. The molecule has 1 aromatic carbocycles. The summed E-state index contributed by atoms with van der Waals surface area (Å²) in [6, 6.07) is 8.72. The molecule has 3 heteroatoms. The van der Waals surface area contributed by atoms with Crippen molar-refractivity contribution in [2.45, 2.75) is 32.1 Å². The first-order chi connectivity index (χ1) is 8.12. The van der Waals surface area contributed by atoms with Gasteiger partial charge in [-0.25, -0.2) is 0 Å². The summed E-state index contributed by atoms with van der Waals surface area (Å²) in [4.78, 5) is 0. The largest absolute Gasteiger partial charge is 0.377 e. The summed E-state index contributed by atoms with van der Waals surface area (Å²) >= 11 is 0. The van der Waals surface area contributed by atoms with Gasteiger partial charge in [-0.15, -0.1) is 0 Å². The second kappa shape index (κ2) is 5.17. The third kappa shape index (κ3) is 3.06. The molecule has 1 aliphatic heterocycles. The van der Waals surface area contributed by atoms with Crippen molar-refractivity contribution in [3.05, 3.63) is 35.4 Å². The van der Waals surface area contributed by atoms with Gasteiger partial charge in [0, 0.05) is 13.7 Å². The van der Waals surface area contributed by atoms with E-state index in [0.29, 0.717) is 0 Å². The Bertz CT molecular complexity index is 376. The van der Waals surface area contributed by atoms with Crippen molar-refractivity contribution in [3.8, 4) is 0 Å². The van der Waals surface area contributed by atoms with Gasteiger partial charge in [-0.3, -0.25) is 0 Å². The first-order valence-electron chi connectivity index (χ1n) is 6.06. The summed E-state index contributed by atoms with van der Waals surface area (Å²) < 4.78 is 11.0.